The van der Waals surface area contributed by atoms with E-state index in [1.807, 2.05) is 43.7 Å². The van der Waals surface area contributed by atoms with Gasteiger partial charge in [0, 0.05) is 11.9 Å². The number of hydrogen-bond donors (Lipinski definition) is 2. The Hall–Kier alpha value is -3.68. The molecule has 4 aromatic rings. The van der Waals surface area contributed by atoms with Crippen LogP contribution in [0.3, 0.4) is 0 Å². The Morgan fingerprint density at radius 3 is 2.68 bits per heavy atom. The number of benzene rings is 1. The summed E-state index contributed by atoms with van der Waals surface area (Å²) in [4.78, 5) is 13.3. The van der Waals surface area contributed by atoms with Crippen LogP contribution in [-0.2, 0) is 0 Å². The highest BCUT2D eigenvalue weighted by Gasteiger charge is 2.13. The van der Waals surface area contributed by atoms with E-state index in [0.717, 1.165) is 22.6 Å². The second-order valence-corrected chi connectivity index (χ2v) is 6.60. The highest BCUT2D eigenvalue weighted by atomic mass is 16.5. The van der Waals surface area contributed by atoms with E-state index >= 15 is 0 Å². The molecule has 0 saturated carbocycles. The number of aromatic amines is 1. The van der Waals surface area contributed by atoms with Crippen molar-refractivity contribution >= 4 is 11.6 Å². The minimum absolute atomic E-state index is 0.482. The van der Waals surface area contributed by atoms with Crippen LogP contribution in [-0.4, -0.2) is 36.8 Å². The van der Waals surface area contributed by atoms with Crippen molar-refractivity contribution in [3.05, 3.63) is 59.7 Å². The second-order valence-electron chi connectivity index (χ2n) is 6.60. The van der Waals surface area contributed by atoms with Gasteiger partial charge in [0.1, 0.15) is 11.4 Å². The van der Waals surface area contributed by atoms with Crippen LogP contribution >= 0.6 is 0 Å². The van der Waals surface area contributed by atoms with Gasteiger partial charge >= 0.3 is 0 Å². The van der Waals surface area contributed by atoms with Gasteiger partial charge in [-0.05, 0) is 50.1 Å². The van der Waals surface area contributed by atoms with Crippen molar-refractivity contribution in [2.24, 2.45) is 0 Å². The largest absolute Gasteiger partial charge is 0.479 e. The molecule has 0 amide bonds. The molecule has 0 bridgehead atoms. The molecule has 28 heavy (non-hydrogen) atoms. The number of ether oxygens (including phenoxy) is 1. The molecular weight excluding hydrogens is 354 g/mol. The average Bonchev–Trinajstić information content (AvgIpc) is 3.33. The molecule has 4 rings (SSSR count). The number of nitrogens with one attached hydrogen (secondary N) is 2. The summed E-state index contributed by atoms with van der Waals surface area (Å²) in [6.07, 6.45) is 3.65. The molecule has 8 nitrogen and oxygen atoms in total. The topological polar surface area (TPSA) is 93.5 Å². The van der Waals surface area contributed by atoms with Crippen LogP contribution in [0.4, 0.5) is 11.6 Å². The normalized spacial score (nSPS) is 10.9. The third-order valence-corrected chi connectivity index (χ3v) is 4.39. The standard InChI is InChI=1S/C20H21N7O/c1-12-5-6-13(2)16(9-12)23-20-24-18(25-26-20)15-7-8-17(19(22-15)28-4)27-10-14(3)21-11-27/h5-11H,1-4H3,(H2,23,24,25,26). The molecule has 0 unspecified atom stereocenters. The molecule has 0 aliphatic carbocycles. The number of aryl methyl sites for hydroxylation is 3. The van der Waals surface area contributed by atoms with Crippen molar-refractivity contribution in [1.82, 2.24) is 29.7 Å². The number of imidazole rings is 1. The number of rotatable bonds is 5. The van der Waals surface area contributed by atoms with Crippen LogP contribution in [0.5, 0.6) is 5.88 Å². The van der Waals surface area contributed by atoms with E-state index in [0.29, 0.717) is 23.3 Å². The molecule has 0 saturated heterocycles. The van der Waals surface area contributed by atoms with Gasteiger partial charge in [-0.3, -0.25) is 5.10 Å². The van der Waals surface area contributed by atoms with Gasteiger partial charge in [0.15, 0.2) is 5.82 Å². The molecule has 1 aromatic carbocycles. The molecule has 0 aliphatic heterocycles. The molecule has 0 spiro atoms. The Balaban J connectivity index is 1.62. The zero-order chi connectivity index (χ0) is 19.7. The number of H-pyrrole nitrogens is 1. The molecule has 0 radical (unpaired) electrons. The van der Waals surface area contributed by atoms with Crippen LogP contribution in [0.2, 0.25) is 0 Å². The van der Waals surface area contributed by atoms with Gasteiger partial charge < -0.3 is 14.6 Å². The van der Waals surface area contributed by atoms with Gasteiger partial charge in [-0.2, -0.15) is 4.98 Å². The van der Waals surface area contributed by atoms with Gasteiger partial charge in [-0.15, -0.1) is 5.10 Å². The highest BCUT2D eigenvalue weighted by Crippen LogP contribution is 2.26. The van der Waals surface area contributed by atoms with Gasteiger partial charge in [0.2, 0.25) is 11.8 Å². The fourth-order valence-corrected chi connectivity index (χ4v) is 2.89. The van der Waals surface area contributed by atoms with Crippen LogP contribution in [0.1, 0.15) is 16.8 Å². The van der Waals surface area contributed by atoms with E-state index in [1.54, 1.807) is 13.4 Å². The zero-order valence-corrected chi connectivity index (χ0v) is 16.2. The van der Waals surface area contributed by atoms with E-state index in [2.05, 4.69) is 48.7 Å². The first-order chi connectivity index (χ1) is 13.5. The molecule has 0 aliphatic rings. The number of hydrogen-bond acceptors (Lipinski definition) is 6. The fourth-order valence-electron chi connectivity index (χ4n) is 2.89. The summed E-state index contributed by atoms with van der Waals surface area (Å²) in [6.45, 7) is 6.02. The molecule has 0 atom stereocenters. The number of aromatic nitrogens is 6. The maximum Gasteiger partial charge on any atom is 0.246 e. The van der Waals surface area contributed by atoms with Crippen LogP contribution in [0.15, 0.2) is 42.9 Å². The summed E-state index contributed by atoms with van der Waals surface area (Å²) in [5.74, 6) is 1.52. The van der Waals surface area contributed by atoms with Crippen LogP contribution in [0, 0.1) is 20.8 Å². The summed E-state index contributed by atoms with van der Waals surface area (Å²) < 4.78 is 7.34. The van der Waals surface area contributed by atoms with Gasteiger partial charge in [0.25, 0.3) is 0 Å². The molecule has 3 aromatic heterocycles. The first-order valence-corrected chi connectivity index (χ1v) is 8.86. The highest BCUT2D eigenvalue weighted by molar-refractivity contribution is 5.62. The predicted molar refractivity (Wildman–Crippen MR) is 107 cm³/mol. The average molecular weight is 375 g/mol. The smallest absolute Gasteiger partial charge is 0.246 e. The number of anilines is 2. The third kappa shape index (κ3) is 3.44. The van der Waals surface area contributed by atoms with Crippen molar-refractivity contribution in [3.63, 3.8) is 0 Å². The lowest BCUT2D eigenvalue weighted by Gasteiger charge is -2.09. The maximum absolute atomic E-state index is 5.47. The van der Waals surface area contributed by atoms with E-state index in [9.17, 15) is 0 Å². The van der Waals surface area contributed by atoms with Crippen molar-refractivity contribution in [2.45, 2.75) is 20.8 Å². The fraction of sp³-hybridized carbons (Fsp3) is 0.200. The summed E-state index contributed by atoms with van der Waals surface area (Å²) >= 11 is 0. The second kappa shape index (κ2) is 7.15. The lowest BCUT2D eigenvalue weighted by Crippen LogP contribution is -2.00. The van der Waals surface area contributed by atoms with Crippen molar-refractivity contribution in [3.8, 4) is 23.1 Å². The molecular formula is C20H21N7O. The maximum atomic E-state index is 5.47. The van der Waals surface area contributed by atoms with E-state index in [1.165, 1.54) is 5.56 Å². The van der Waals surface area contributed by atoms with Crippen LogP contribution < -0.4 is 10.1 Å². The molecule has 142 valence electrons. The van der Waals surface area contributed by atoms with E-state index in [4.69, 9.17) is 4.74 Å². The van der Waals surface area contributed by atoms with Gasteiger partial charge in [-0.1, -0.05) is 12.1 Å². The van der Waals surface area contributed by atoms with E-state index in [-0.39, 0.29) is 0 Å². The first kappa shape index (κ1) is 17.7. The summed E-state index contributed by atoms with van der Waals surface area (Å²) in [5, 5.41) is 10.4. The minimum atomic E-state index is 0.482. The van der Waals surface area contributed by atoms with Crippen molar-refractivity contribution in [1.29, 1.82) is 0 Å². The minimum Gasteiger partial charge on any atom is -0.479 e. The summed E-state index contributed by atoms with van der Waals surface area (Å²) in [7, 11) is 1.59. The van der Waals surface area contributed by atoms with Gasteiger partial charge in [-0.25, -0.2) is 9.97 Å². The monoisotopic (exact) mass is 375 g/mol. The summed E-state index contributed by atoms with van der Waals surface area (Å²) in [5.41, 5.74) is 5.63. The Bertz CT molecular complexity index is 1130. The molecule has 8 heteroatoms. The number of pyridine rings is 1. The van der Waals surface area contributed by atoms with Crippen molar-refractivity contribution in [2.75, 3.05) is 12.4 Å². The SMILES string of the molecule is COc1nc(-c2nc(Nc3cc(C)ccc3C)n[nH]2)ccc1-n1cnc(C)c1. The Kier molecular flexibility index (Phi) is 4.52. The Morgan fingerprint density at radius 1 is 1.07 bits per heavy atom. The quantitative estimate of drug-likeness (QED) is 0.552. The van der Waals surface area contributed by atoms with Crippen LogP contribution in [0.25, 0.3) is 17.2 Å². The molecule has 3 heterocycles. The van der Waals surface area contributed by atoms with Crippen molar-refractivity contribution < 1.29 is 4.74 Å². The molecule has 2 N–H and O–H groups in total. The summed E-state index contributed by atoms with van der Waals surface area (Å²) in [6, 6.07) is 9.99. The number of methoxy groups -OCH3 is 1. The Labute approximate surface area is 162 Å². The lowest BCUT2D eigenvalue weighted by atomic mass is 10.1. The van der Waals surface area contributed by atoms with E-state index < -0.39 is 0 Å². The van der Waals surface area contributed by atoms with Gasteiger partial charge in [0.05, 0.1) is 19.1 Å². The first-order valence-electron chi connectivity index (χ1n) is 8.86. The number of nitrogens with zero attached hydrogens (tertiary/aromatic N) is 5. The lowest BCUT2D eigenvalue weighted by molar-refractivity contribution is 0.396. The third-order valence-electron chi connectivity index (χ3n) is 4.39. The predicted octanol–water partition coefficient (Wildman–Crippen LogP) is 3.73. The molecule has 0 fully saturated rings. The Morgan fingerprint density at radius 2 is 1.93 bits per heavy atom. The zero-order valence-electron chi connectivity index (χ0n) is 16.2.